The van der Waals surface area contributed by atoms with E-state index in [1.807, 2.05) is 0 Å². The Kier molecular flexibility index (Phi) is 4.30. The molecule has 0 aliphatic rings. The second-order valence-corrected chi connectivity index (χ2v) is 7.56. The maximum atomic E-state index is 12.1. The summed E-state index contributed by atoms with van der Waals surface area (Å²) in [7, 11) is -3.69. The average Bonchev–Trinajstić information content (AvgIpc) is 3.09. The van der Waals surface area contributed by atoms with Gasteiger partial charge in [-0.1, -0.05) is 23.5 Å². The molecule has 3 N–H and O–H groups in total. The van der Waals surface area contributed by atoms with Gasteiger partial charge < -0.3 is 5.32 Å². The third-order valence-corrected chi connectivity index (χ3v) is 5.12. The van der Waals surface area contributed by atoms with Crippen LogP contribution in [0.15, 0.2) is 29.2 Å². The summed E-state index contributed by atoms with van der Waals surface area (Å²) in [5, 5.41) is 20.0. The molecule has 11 heteroatoms. The fraction of sp³-hybridized carbons (Fsp3) is 0.231. The average molecular weight is 366 g/mol. The van der Waals surface area contributed by atoms with Crippen molar-refractivity contribution in [2.45, 2.75) is 18.2 Å². The fourth-order valence-corrected chi connectivity index (χ4v) is 3.37. The van der Waals surface area contributed by atoms with Crippen LogP contribution in [0.1, 0.15) is 21.2 Å². The number of carbonyl (C=O) groups excluding carboxylic acids is 1. The fourth-order valence-electron chi connectivity index (χ4n) is 2.05. The number of fused-ring (bicyclic) bond motifs is 1. The van der Waals surface area contributed by atoms with Crippen LogP contribution < -0.4 is 10.5 Å². The maximum absolute atomic E-state index is 12.1. The molecule has 0 aliphatic heterocycles. The topological polar surface area (TPSA) is 132 Å². The summed E-state index contributed by atoms with van der Waals surface area (Å²) in [6.45, 7) is 2.15. The molecule has 1 amide bonds. The van der Waals surface area contributed by atoms with Crippen LogP contribution in [0.2, 0.25) is 0 Å². The molecular formula is C13H14N6O3S2. The number of hydrogen-bond acceptors (Lipinski definition) is 7. The predicted molar refractivity (Wildman–Crippen MR) is 87.2 cm³/mol. The first-order chi connectivity index (χ1) is 11.3. The smallest absolute Gasteiger partial charge is 0.282 e. The molecule has 0 saturated carbocycles. The van der Waals surface area contributed by atoms with Crippen LogP contribution in [0.25, 0.3) is 4.96 Å². The predicted octanol–water partition coefficient (Wildman–Crippen LogP) is 0.114. The molecule has 9 nitrogen and oxygen atoms in total. The van der Waals surface area contributed by atoms with E-state index in [1.54, 1.807) is 19.1 Å². The molecule has 3 aromatic rings. The molecule has 0 radical (unpaired) electrons. The van der Waals surface area contributed by atoms with Gasteiger partial charge >= 0.3 is 0 Å². The molecule has 1 aromatic carbocycles. The molecule has 3 rings (SSSR count). The van der Waals surface area contributed by atoms with Gasteiger partial charge in [-0.15, -0.1) is 15.3 Å². The minimum atomic E-state index is -3.69. The summed E-state index contributed by atoms with van der Waals surface area (Å²) >= 11 is 1.16. The number of benzene rings is 1. The summed E-state index contributed by atoms with van der Waals surface area (Å²) in [6.07, 6.45) is 0.555. The van der Waals surface area contributed by atoms with E-state index in [1.165, 1.54) is 16.6 Å². The van der Waals surface area contributed by atoms with Crippen molar-refractivity contribution >= 4 is 32.2 Å². The van der Waals surface area contributed by atoms with Crippen LogP contribution in [-0.2, 0) is 16.4 Å². The number of aryl methyl sites for hydroxylation is 1. The summed E-state index contributed by atoms with van der Waals surface area (Å²) in [6, 6.07) is 6.22. The maximum Gasteiger partial charge on any atom is 0.282 e. The van der Waals surface area contributed by atoms with Crippen molar-refractivity contribution in [2.24, 2.45) is 5.14 Å². The normalized spacial score (nSPS) is 11.8. The Morgan fingerprint density at radius 3 is 2.62 bits per heavy atom. The number of hydrogen-bond donors (Lipinski definition) is 2. The van der Waals surface area contributed by atoms with Gasteiger partial charge in [-0.05, 0) is 31.0 Å². The zero-order valence-electron chi connectivity index (χ0n) is 12.6. The van der Waals surface area contributed by atoms with Crippen molar-refractivity contribution in [1.29, 1.82) is 0 Å². The number of nitrogens with zero attached hydrogens (tertiary/aromatic N) is 4. The van der Waals surface area contributed by atoms with Crippen molar-refractivity contribution in [1.82, 2.24) is 25.1 Å². The van der Waals surface area contributed by atoms with Gasteiger partial charge in [0.2, 0.25) is 20.0 Å². The molecule has 0 spiro atoms. The van der Waals surface area contributed by atoms with Gasteiger partial charge in [0.25, 0.3) is 5.91 Å². The van der Waals surface area contributed by atoms with Crippen LogP contribution in [0.4, 0.5) is 0 Å². The Morgan fingerprint density at radius 1 is 1.29 bits per heavy atom. The second-order valence-electron chi connectivity index (χ2n) is 5.04. The van der Waals surface area contributed by atoms with Gasteiger partial charge in [-0.25, -0.2) is 13.6 Å². The lowest BCUT2D eigenvalue weighted by Crippen LogP contribution is -2.25. The van der Waals surface area contributed by atoms with E-state index in [2.05, 4.69) is 20.6 Å². The van der Waals surface area contributed by atoms with Crippen LogP contribution in [0.5, 0.6) is 0 Å². The van der Waals surface area contributed by atoms with Gasteiger partial charge in [0.1, 0.15) is 0 Å². The molecule has 24 heavy (non-hydrogen) atoms. The van der Waals surface area contributed by atoms with Gasteiger partial charge in [0.15, 0.2) is 5.82 Å². The third-order valence-electron chi connectivity index (χ3n) is 3.29. The lowest BCUT2D eigenvalue weighted by molar-refractivity contribution is 0.0952. The van der Waals surface area contributed by atoms with Crippen LogP contribution in [0, 0.1) is 6.92 Å². The van der Waals surface area contributed by atoms with Crippen LogP contribution >= 0.6 is 11.3 Å². The van der Waals surface area contributed by atoms with E-state index in [9.17, 15) is 13.2 Å². The molecule has 0 saturated heterocycles. The Hall–Kier alpha value is -2.37. The Morgan fingerprint density at radius 2 is 2.00 bits per heavy atom. The molecule has 0 aliphatic carbocycles. The first-order valence-electron chi connectivity index (χ1n) is 6.93. The number of sulfonamides is 1. The molecule has 126 valence electrons. The molecular weight excluding hydrogens is 352 g/mol. The van der Waals surface area contributed by atoms with Crippen LogP contribution in [-0.4, -0.2) is 40.7 Å². The minimum absolute atomic E-state index is 0.0606. The van der Waals surface area contributed by atoms with E-state index < -0.39 is 10.0 Å². The van der Waals surface area contributed by atoms with Crippen molar-refractivity contribution in [2.75, 3.05) is 6.54 Å². The van der Waals surface area contributed by atoms with Crippen LogP contribution in [0.3, 0.4) is 0 Å². The van der Waals surface area contributed by atoms with Gasteiger partial charge in [0.05, 0.1) is 4.90 Å². The van der Waals surface area contributed by atoms with E-state index in [0.717, 1.165) is 16.9 Å². The highest BCUT2D eigenvalue weighted by Crippen LogP contribution is 2.13. The highest BCUT2D eigenvalue weighted by molar-refractivity contribution is 7.89. The number of carbonyl (C=O) groups is 1. The van der Waals surface area contributed by atoms with Crippen molar-refractivity contribution < 1.29 is 13.2 Å². The highest BCUT2D eigenvalue weighted by atomic mass is 32.2. The van der Waals surface area contributed by atoms with Gasteiger partial charge in [-0.3, -0.25) is 4.79 Å². The standard InChI is InChI=1S/C13H14N6O3S2/c1-8-16-17-13-19(8)18-12(23-13)11(20)15-7-6-9-2-4-10(5-3-9)24(14,21)22/h2-5H,6-7H2,1H3,(H,15,20)(H2,14,21,22). The number of nitrogens with one attached hydrogen (secondary N) is 1. The number of amides is 1. The lowest BCUT2D eigenvalue weighted by Gasteiger charge is -2.04. The first-order valence-corrected chi connectivity index (χ1v) is 9.29. The van der Waals surface area contributed by atoms with E-state index in [0.29, 0.717) is 28.8 Å². The SMILES string of the molecule is Cc1nnc2sc(C(=O)NCCc3ccc(S(N)(=O)=O)cc3)nn12. The Balaban J connectivity index is 1.58. The molecule has 2 heterocycles. The summed E-state index contributed by atoms with van der Waals surface area (Å²) in [5.74, 6) is 0.335. The largest absolute Gasteiger partial charge is 0.350 e. The number of rotatable bonds is 5. The van der Waals surface area contributed by atoms with E-state index in [4.69, 9.17) is 5.14 Å². The van der Waals surface area contributed by atoms with E-state index >= 15 is 0 Å². The zero-order valence-corrected chi connectivity index (χ0v) is 14.3. The lowest BCUT2D eigenvalue weighted by atomic mass is 10.1. The Labute approximate surface area is 141 Å². The monoisotopic (exact) mass is 366 g/mol. The van der Waals surface area contributed by atoms with Gasteiger partial charge in [0, 0.05) is 6.54 Å². The third kappa shape index (κ3) is 3.42. The molecule has 0 bridgehead atoms. The highest BCUT2D eigenvalue weighted by Gasteiger charge is 2.15. The van der Waals surface area contributed by atoms with Gasteiger partial charge in [-0.2, -0.15) is 4.52 Å². The first kappa shape index (κ1) is 16.5. The minimum Gasteiger partial charge on any atom is -0.350 e. The Bertz CT molecular complexity index is 991. The number of primary sulfonamides is 1. The second kappa shape index (κ2) is 6.26. The van der Waals surface area contributed by atoms with Crippen molar-refractivity contribution in [3.8, 4) is 0 Å². The molecule has 0 fully saturated rings. The number of nitrogens with two attached hydrogens (primary N) is 1. The quantitative estimate of drug-likeness (QED) is 0.659. The summed E-state index contributed by atoms with van der Waals surface area (Å²) in [5.41, 5.74) is 0.886. The van der Waals surface area contributed by atoms with E-state index in [-0.39, 0.29) is 10.8 Å². The summed E-state index contributed by atoms with van der Waals surface area (Å²) < 4.78 is 23.9. The van der Waals surface area contributed by atoms with Crippen molar-refractivity contribution in [3.63, 3.8) is 0 Å². The molecule has 2 aromatic heterocycles. The number of aromatic nitrogens is 4. The van der Waals surface area contributed by atoms with Crippen molar-refractivity contribution in [3.05, 3.63) is 40.7 Å². The molecule has 0 unspecified atom stereocenters. The molecule has 0 atom stereocenters. The summed E-state index contributed by atoms with van der Waals surface area (Å²) in [4.78, 5) is 12.7. The zero-order chi connectivity index (χ0) is 17.3.